The molecule has 0 aromatic heterocycles. The molecule has 0 nitrogen and oxygen atoms in total. The Hall–Kier alpha value is -0.0500. The van der Waals surface area contributed by atoms with E-state index in [1.54, 1.807) is 0 Å². The lowest BCUT2D eigenvalue weighted by atomic mass is 10.0. The smallest absolute Gasteiger partial charge is 0.198 e. The van der Waals surface area contributed by atoms with Gasteiger partial charge in [0, 0.05) is 5.88 Å². The fraction of sp³-hybridized carbons (Fsp3) is 1.00. The molecule has 1 unspecified atom stereocenters. The van der Waals surface area contributed by atoms with Crippen molar-refractivity contribution in [1.29, 1.82) is 0 Å². The summed E-state index contributed by atoms with van der Waals surface area (Å²) < 4.78 is 110. The van der Waals surface area contributed by atoms with E-state index in [2.05, 4.69) is 23.2 Å². The van der Waals surface area contributed by atoms with Gasteiger partial charge in [0.25, 0.3) is 0 Å². The monoisotopic (exact) mass is 316 g/mol. The van der Waals surface area contributed by atoms with Crippen LogP contribution in [0.1, 0.15) is 0 Å². The van der Waals surface area contributed by atoms with E-state index in [9.17, 15) is 39.5 Å². The molecule has 0 aliphatic carbocycles. The summed E-state index contributed by atoms with van der Waals surface area (Å²) in [6.45, 7) is 0. The molecule has 0 fully saturated rings. The van der Waals surface area contributed by atoms with Gasteiger partial charge in [-0.25, -0.2) is 0 Å². The fourth-order valence-electron chi connectivity index (χ4n) is 0.681. The van der Waals surface area contributed by atoms with Crippen molar-refractivity contribution in [3.63, 3.8) is 0 Å². The average Bonchev–Trinajstić information content (AvgIpc) is 2.13. The summed E-state index contributed by atoms with van der Waals surface area (Å²) in [5.74, 6) is -20.9. The lowest BCUT2D eigenvalue weighted by molar-refractivity contribution is -0.395. The van der Waals surface area contributed by atoms with Crippen molar-refractivity contribution < 1.29 is 39.5 Å². The van der Waals surface area contributed by atoms with Crippen molar-refractivity contribution in [1.82, 2.24) is 0 Å². The fourth-order valence-corrected chi connectivity index (χ4v) is 1.01. The van der Waals surface area contributed by atoms with Gasteiger partial charge < -0.3 is 0 Å². The zero-order valence-electron chi connectivity index (χ0n) is 7.44. The quantitative estimate of drug-likeness (QED) is 0.536. The van der Waals surface area contributed by atoms with Crippen molar-refractivity contribution in [2.24, 2.45) is 0 Å². The zero-order chi connectivity index (χ0) is 14.3. The Bertz CT molecular complexity index is 271. The van der Waals surface area contributed by atoms with E-state index in [0.29, 0.717) is 0 Å². The molecule has 0 aromatic carbocycles. The van der Waals surface area contributed by atoms with Crippen LogP contribution in [0.2, 0.25) is 0 Å². The van der Waals surface area contributed by atoms with Gasteiger partial charge >= 0.3 is 23.9 Å². The van der Waals surface area contributed by atoms with Crippen molar-refractivity contribution in [2.75, 3.05) is 5.88 Å². The van der Waals surface area contributed by atoms with Crippen molar-refractivity contribution >= 4 is 23.2 Å². The first kappa shape index (κ1) is 16.9. The Balaban J connectivity index is 5.55. The van der Waals surface area contributed by atoms with E-state index in [4.69, 9.17) is 0 Å². The van der Waals surface area contributed by atoms with Crippen molar-refractivity contribution in [2.45, 2.75) is 29.3 Å². The molecule has 1 atom stereocenters. The standard InChI is InChI=1S/C6H3Cl2F9/c7-1-2(8)3(9,10)4(11,12)5(13,14)6(15,16)17/h2H,1H2. The first-order valence-corrected chi connectivity index (χ1v) is 4.60. The molecule has 0 saturated carbocycles. The Labute approximate surface area is 98.7 Å². The summed E-state index contributed by atoms with van der Waals surface area (Å²) in [6.07, 6.45) is -6.84. The van der Waals surface area contributed by atoms with Crippen LogP contribution in [0, 0.1) is 0 Å². The minimum atomic E-state index is -6.93. The number of alkyl halides is 11. The third kappa shape index (κ3) is 2.54. The van der Waals surface area contributed by atoms with E-state index in [1.807, 2.05) is 0 Å². The van der Waals surface area contributed by atoms with Crippen LogP contribution in [0.5, 0.6) is 0 Å². The van der Waals surface area contributed by atoms with Crippen molar-refractivity contribution in [3.05, 3.63) is 0 Å². The largest absolute Gasteiger partial charge is 0.460 e. The van der Waals surface area contributed by atoms with Gasteiger partial charge in [-0.1, -0.05) is 0 Å². The van der Waals surface area contributed by atoms with E-state index >= 15 is 0 Å². The van der Waals surface area contributed by atoms with Crippen LogP contribution in [0.3, 0.4) is 0 Å². The van der Waals surface area contributed by atoms with E-state index in [0.717, 1.165) is 0 Å². The lowest BCUT2D eigenvalue weighted by Gasteiger charge is -2.35. The summed E-state index contributed by atoms with van der Waals surface area (Å²) in [5.41, 5.74) is 0. The summed E-state index contributed by atoms with van der Waals surface area (Å²) in [5, 5.41) is -3.08. The molecule has 0 spiro atoms. The Kier molecular flexibility index (Phi) is 4.55. The third-order valence-corrected chi connectivity index (χ3v) is 2.59. The third-order valence-electron chi connectivity index (χ3n) is 1.70. The molecule has 0 aromatic rings. The second-order valence-electron chi connectivity index (χ2n) is 2.89. The molecule has 11 heteroatoms. The molecule has 0 radical (unpaired) electrons. The Morgan fingerprint density at radius 3 is 1.35 bits per heavy atom. The minimum Gasteiger partial charge on any atom is -0.198 e. The van der Waals surface area contributed by atoms with Crippen LogP contribution in [0.15, 0.2) is 0 Å². The van der Waals surface area contributed by atoms with Gasteiger partial charge in [-0.2, -0.15) is 39.5 Å². The zero-order valence-corrected chi connectivity index (χ0v) is 8.95. The summed E-state index contributed by atoms with van der Waals surface area (Å²) in [4.78, 5) is 0. The highest BCUT2D eigenvalue weighted by molar-refractivity contribution is 6.28. The highest BCUT2D eigenvalue weighted by atomic mass is 35.5. The number of hydrogen-bond donors (Lipinski definition) is 0. The van der Waals surface area contributed by atoms with E-state index in [-0.39, 0.29) is 0 Å². The second kappa shape index (κ2) is 4.56. The molecule has 0 amide bonds. The minimum absolute atomic E-state index is 1.43. The SMILES string of the molecule is FC(F)(F)C(F)(F)C(F)(F)C(F)(F)C(Cl)CCl. The Morgan fingerprint density at radius 2 is 1.12 bits per heavy atom. The van der Waals surface area contributed by atoms with Gasteiger partial charge in [0.2, 0.25) is 0 Å². The van der Waals surface area contributed by atoms with Crippen LogP contribution in [0.25, 0.3) is 0 Å². The predicted octanol–water partition coefficient (Wildman–Crippen LogP) is 4.30. The van der Waals surface area contributed by atoms with Gasteiger partial charge in [-0.05, 0) is 0 Å². The molecule has 0 rings (SSSR count). The number of hydrogen-bond acceptors (Lipinski definition) is 0. The molecule has 0 aliphatic heterocycles. The average molecular weight is 317 g/mol. The van der Waals surface area contributed by atoms with Gasteiger partial charge in [0.15, 0.2) is 0 Å². The summed E-state index contributed by atoms with van der Waals surface area (Å²) in [7, 11) is 0. The topological polar surface area (TPSA) is 0 Å². The number of halogens is 11. The first-order chi connectivity index (χ1) is 7.23. The number of rotatable bonds is 4. The van der Waals surface area contributed by atoms with Crippen LogP contribution >= 0.6 is 23.2 Å². The van der Waals surface area contributed by atoms with Crippen LogP contribution in [-0.2, 0) is 0 Å². The molecule has 104 valence electrons. The summed E-state index contributed by atoms with van der Waals surface area (Å²) >= 11 is 9.17. The molecular weight excluding hydrogens is 314 g/mol. The second-order valence-corrected chi connectivity index (χ2v) is 3.73. The normalized spacial score (nSPS) is 17.1. The molecule has 0 saturated heterocycles. The van der Waals surface area contributed by atoms with E-state index < -0.39 is 35.2 Å². The van der Waals surface area contributed by atoms with Gasteiger partial charge in [-0.15, -0.1) is 23.2 Å². The van der Waals surface area contributed by atoms with Gasteiger partial charge in [-0.3, -0.25) is 0 Å². The van der Waals surface area contributed by atoms with Crippen LogP contribution in [0.4, 0.5) is 39.5 Å². The summed E-state index contributed by atoms with van der Waals surface area (Å²) in [6, 6.07) is 0. The van der Waals surface area contributed by atoms with Crippen molar-refractivity contribution in [3.8, 4) is 0 Å². The molecule has 0 aliphatic rings. The maximum atomic E-state index is 12.7. The molecular formula is C6H3Cl2F9. The highest BCUT2D eigenvalue weighted by Gasteiger charge is 2.82. The Morgan fingerprint density at radius 1 is 0.765 bits per heavy atom. The first-order valence-electron chi connectivity index (χ1n) is 3.63. The molecule has 17 heavy (non-hydrogen) atoms. The van der Waals surface area contributed by atoms with Crippen LogP contribution in [-0.4, -0.2) is 35.2 Å². The molecule has 0 heterocycles. The predicted molar refractivity (Wildman–Crippen MR) is 41.3 cm³/mol. The molecule has 0 bridgehead atoms. The maximum Gasteiger partial charge on any atom is 0.460 e. The lowest BCUT2D eigenvalue weighted by Crippen LogP contribution is -2.63. The highest BCUT2D eigenvalue weighted by Crippen LogP contribution is 2.54. The van der Waals surface area contributed by atoms with E-state index in [1.165, 1.54) is 0 Å². The van der Waals surface area contributed by atoms with Crippen LogP contribution < -0.4 is 0 Å². The van der Waals surface area contributed by atoms with Gasteiger partial charge in [0.05, 0.1) is 0 Å². The maximum absolute atomic E-state index is 12.7. The molecule has 0 N–H and O–H groups in total. The van der Waals surface area contributed by atoms with Gasteiger partial charge in [0.1, 0.15) is 5.38 Å².